The normalized spacial score (nSPS) is 18.7. The summed E-state index contributed by atoms with van der Waals surface area (Å²) in [5.74, 6) is 0.314. The third-order valence-corrected chi connectivity index (χ3v) is 5.63. The van der Waals surface area contributed by atoms with E-state index >= 15 is 0 Å². The molecular formula is C23H28N2O4. The highest BCUT2D eigenvalue weighted by Gasteiger charge is 2.41. The summed E-state index contributed by atoms with van der Waals surface area (Å²) in [6, 6.07) is 7.87. The van der Waals surface area contributed by atoms with Gasteiger partial charge in [0.1, 0.15) is 18.1 Å². The summed E-state index contributed by atoms with van der Waals surface area (Å²) in [6.45, 7) is 9.30. The molecule has 0 aliphatic carbocycles. The molecule has 1 spiro atoms. The molecule has 6 nitrogen and oxygen atoms in total. The number of benzene rings is 1. The molecule has 2 aliphatic rings. The van der Waals surface area contributed by atoms with Crippen LogP contribution in [0.5, 0.6) is 5.75 Å². The Bertz CT molecular complexity index is 914. The molecule has 0 N–H and O–H groups in total. The highest BCUT2D eigenvalue weighted by molar-refractivity contribution is 6.00. The van der Waals surface area contributed by atoms with E-state index in [-0.39, 0.29) is 5.91 Å². The van der Waals surface area contributed by atoms with Crippen LogP contribution in [-0.2, 0) is 16.0 Å². The van der Waals surface area contributed by atoms with Crippen molar-refractivity contribution in [3.05, 3.63) is 54.8 Å². The van der Waals surface area contributed by atoms with Crippen LogP contribution >= 0.6 is 0 Å². The van der Waals surface area contributed by atoms with Crippen molar-refractivity contribution in [2.45, 2.75) is 32.1 Å². The minimum atomic E-state index is -0.486. The van der Waals surface area contributed by atoms with E-state index in [9.17, 15) is 4.79 Å². The van der Waals surface area contributed by atoms with Gasteiger partial charge >= 0.3 is 0 Å². The molecule has 29 heavy (non-hydrogen) atoms. The fourth-order valence-corrected chi connectivity index (χ4v) is 4.11. The number of allylic oxidation sites excluding steroid dienone is 2. The van der Waals surface area contributed by atoms with Crippen molar-refractivity contribution in [2.75, 3.05) is 32.9 Å². The summed E-state index contributed by atoms with van der Waals surface area (Å²) >= 11 is 0. The van der Waals surface area contributed by atoms with Crippen LogP contribution in [0.4, 0.5) is 0 Å². The zero-order valence-corrected chi connectivity index (χ0v) is 16.9. The molecule has 154 valence electrons. The van der Waals surface area contributed by atoms with Gasteiger partial charge in [-0.15, -0.1) is 0 Å². The third kappa shape index (κ3) is 3.82. The van der Waals surface area contributed by atoms with E-state index in [4.69, 9.17) is 14.2 Å². The fraction of sp³-hybridized carbons (Fsp3) is 0.435. The van der Waals surface area contributed by atoms with Crippen LogP contribution in [-0.4, -0.2) is 54.1 Å². The van der Waals surface area contributed by atoms with E-state index in [0.29, 0.717) is 58.0 Å². The number of carbonyl (C=O) groups is 1. The van der Waals surface area contributed by atoms with Gasteiger partial charge in [0.2, 0.25) is 0 Å². The van der Waals surface area contributed by atoms with Crippen LogP contribution in [0.1, 0.15) is 30.3 Å². The standard InChI is InChI=1S/C23H28N2O4/c1-3-5-11-25-19-7-6-8-21(27-14-4-2)18(19)17-20(25)22(26)24-12-9-23(10-13-24)28-15-16-29-23/h3-8,17H,2,9-16H2,1H3/b5-3-. The van der Waals surface area contributed by atoms with E-state index in [1.807, 2.05) is 42.2 Å². The SMILES string of the molecule is C=CCOc1cccc2c1cc(C(=O)N1CCC3(CC1)OCCO3)n2C/C=C\C. The van der Waals surface area contributed by atoms with E-state index < -0.39 is 5.79 Å². The van der Waals surface area contributed by atoms with E-state index in [0.717, 1.165) is 16.7 Å². The van der Waals surface area contributed by atoms with Crippen LogP contribution in [0.25, 0.3) is 10.9 Å². The number of hydrogen-bond donors (Lipinski definition) is 0. The number of ether oxygens (including phenoxy) is 3. The van der Waals surface area contributed by atoms with Crippen molar-refractivity contribution in [1.82, 2.24) is 9.47 Å². The highest BCUT2D eigenvalue weighted by atomic mass is 16.7. The number of likely N-dealkylation sites (tertiary alicyclic amines) is 1. The Morgan fingerprint density at radius 2 is 2.03 bits per heavy atom. The van der Waals surface area contributed by atoms with Crippen molar-refractivity contribution in [3.8, 4) is 5.75 Å². The Kier molecular flexibility index (Phi) is 5.74. The van der Waals surface area contributed by atoms with Crippen molar-refractivity contribution in [2.24, 2.45) is 0 Å². The van der Waals surface area contributed by atoms with Crippen LogP contribution < -0.4 is 4.74 Å². The second-order valence-electron chi connectivity index (χ2n) is 7.40. The maximum absolute atomic E-state index is 13.4. The summed E-state index contributed by atoms with van der Waals surface area (Å²) in [5, 5.41) is 0.943. The third-order valence-electron chi connectivity index (χ3n) is 5.63. The molecule has 2 saturated heterocycles. The van der Waals surface area contributed by atoms with Crippen molar-refractivity contribution < 1.29 is 19.0 Å². The van der Waals surface area contributed by atoms with Gasteiger partial charge in [-0.05, 0) is 25.1 Å². The van der Waals surface area contributed by atoms with Gasteiger partial charge in [0.05, 0.1) is 18.7 Å². The van der Waals surface area contributed by atoms with E-state index in [2.05, 4.69) is 17.2 Å². The average molecular weight is 396 g/mol. The van der Waals surface area contributed by atoms with Crippen LogP contribution in [0.3, 0.4) is 0 Å². The van der Waals surface area contributed by atoms with Gasteiger partial charge in [0, 0.05) is 37.9 Å². The molecular weight excluding hydrogens is 368 g/mol. The summed E-state index contributed by atoms with van der Waals surface area (Å²) in [4.78, 5) is 15.3. The number of carbonyl (C=O) groups excluding carboxylic acids is 1. The molecule has 0 radical (unpaired) electrons. The minimum Gasteiger partial charge on any atom is -0.489 e. The maximum Gasteiger partial charge on any atom is 0.270 e. The number of aromatic nitrogens is 1. The molecule has 4 rings (SSSR count). The zero-order valence-electron chi connectivity index (χ0n) is 16.9. The topological polar surface area (TPSA) is 52.9 Å². The Morgan fingerprint density at radius 1 is 1.28 bits per heavy atom. The number of hydrogen-bond acceptors (Lipinski definition) is 4. The van der Waals surface area contributed by atoms with Gasteiger partial charge in [-0.1, -0.05) is 30.9 Å². The number of piperidine rings is 1. The Labute approximate surface area is 171 Å². The summed E-state index contributed by atoms with van der Waals surface area (Å²) in [7, 11) is 0. The van der Waals surface area contributed by atoms with Gasteiger partial charge in [0.25, 0.3) is 5.91 Å². The van der Waals surface area contributed by atoms with Crippen molar-refractivity contribution >= 4 is 16.8 Å². The first kappa shape index (κ1) is 19.7. The smallest absolute Gasteiger partial charge is 0.270 e. The second kappa shape index (κ2) is 8.43. The second-order valence-corrected chi connectivity index (χ2v) is 7.40. The quantitative estimate of drug-likeness (QED) is 0.698. The molecule has 3 heterocycles. The molecule has 0 unspecified atom stereocenters. The lowest BCUT2D eigenvalue weighted by atomic mass is 10.0. The van der Waals surface area contributed by atoms with Crippen molar-refractivity contribution in [3.63, 3.8) is 0 Å². The molecule has 2 aromatic rings. The summed E-state index contributed by atoms with van der Waals surface area (Å²) in [6.07, 6.45) is 7.19. The Hall–Kier alpha value is -2.57. The van der Waals surface area contributed by atoms with Crippen LogP contribution in [0.2, 0.25) is 0 Å². The first-order valence-electron chi connectivity index (χ1n) is 10.2. The molecule has 2 aliphatic heterocycles. The molecule has 1 aromatic carbocycles. The molecule has 0 atom stereocenters. The largest absolute Gasteiger partial charge is 0.489 e. The number of rotatable bonds is 6. The molecule has 0 bridgehead atoms. The predicted octanol–water partition coefficient (Wildman–Crippen LogP) is 3.76. The lowest BCUT2D eigenvalue weighted by Crippen LogP contribution is -2.47. The summed E-state index contributed by atoms with van der Waals surface area (Å²) in [5.41, 5.74) is 1.67. The van der Waals surface area contributed by atoms with Gasteiger partial charge in [0.15, 0.2) is 5.79 Å². The van der Waals surface area contributed by atoms with Crippen molar-refractivity contribution in [1.29, 1.82) is 0 Å². The van der Waals surface area contributed by atoms with Gasteiger partial charge in [-0.25, -0.2) is 0 Å². The predicted molar refractivity (Wildman–Crippen MR) is 112 cm³/mol. The van der Waals surface area contributed by atoms with Crippen LogP contribution in [0, 0.1) is 0 Å². The first-order chi connectivity index (χ1) is 14.2. The summed E-state index contributed by atoms with van der Waals surface area (Å²) < 4.78 is 19.5. The number of amides is 1. The molecule has 0 saturated carbocycles. The Morgan fingerprint density at radius 3 is 2.72 bits per heavy atom. The molecule has 2 fully saturated rings. The Balaban J connectivity index is 1.64. The van der Waals surface area contributed by atoms with E-state index in [1.54, 1.807) is 6.08 Å². The van der Waals surface area contributed by atoms with E-state index in [1.165, 1.54) is 0 Å². The van der Waals surface area contributed by atoms with Gasteiger partial charge in [-0.3, -0.25) is 4.79 Å². The minimum absolute atomic E-state index is 0.0354. The number of fused-ring (bicyclic) bond motifs is 1. The fourth-order valence-electron chi connectivity index (χ4n) is 4.11. The van der Waals surface area contributed by atoms with Gasteiger partial charge in [-0.2, -0.15) is 0 Å². The maximum atomic E-state index is 13.4. The molecule has 1 aromatic heterocycles. The first-order valence-corrected chi connectivity index (χ1v) is 10.2. The number of nitrogens with zero attached hydrogens (tertiary/aromatic N) is 2. The lowest BCUT2D eigenvalue weighted by molar-refractivity contribution is -0.181. The highest BCUT2D eigenvalue weighted by Crippen LogP contribution is 2.33. The lowest BCUT2D eigenvalue weighted by Gasteiger charge is -2.37. The molecule has 1 amide bonds. The zero-order chi connectivity index (χ0) is 20.3. The van der Waals surface area contributed by atoms with Gasteiger partial charge < -0.3 is 23.7 Å². The average Bonchev–Trinajstić information content (AvgIpc) is 3.35. The van der Waals surface area contributed by atoms with Crippen LogP contribution in [0.15, 0.2) is 49.1 Å². The molecule has 6 heteroatoms. The monoisotopic (exact) mass is 396 g/mol.